The Bertz CT molecular complexity index is 765. The molecule has 2 heterocycles. The molecule has 0 spiro atoms. The van der Waals surface area contributed by atoms with E-state index in [4.69, 9.17) is 9.31 Å². The monoisotopic (exact) mass is 337 g/mol. The van der Waals surface area contributed by atoms with E-state index in [0.29, 0.717) is 0 Å². The Labute approximate surface area is 151 Å². The molecule has 3 nitrogen and oxygen atoms in total. The fourth-order valence-corrected chi connectivity index (χ4v) is 3.73. The molecule has 2 aromatic rings. The SMILES string of the molecule is CC1(C)OB(c2ccc3cc(N4CCCCC4)ccc3c2)OC1(C)C. The van der Waals surface area contributed by atoms with Crippen molar-refractivity contribution in [1.82, 2.24) is 0 Å². The second-order valence-electron chi connectivity index (χ2n) is 8.43. The number of nitrogens with zero attached hydrogens (tertiary/aromatic N) is 1. The highest BCUT2D eigenvalue weighted by Gasteiger charge is 2.51. The van der Waals surface area contributed by atoms with E-state index in [0.717, 1.165) is 5.46 Å². The number of hydrogen-bond acceptors (Lipinski definition) is 3. The number of piperidine rings is 1. The second-order valence-corrected chi connectivity index (χ2v) is 8.43. The maximum atomic E-state index is 6.19. The zero-order valence-corrected chi connectivity index (χ0v) is 15.8. The van der Waals surface area contributed by atoms with Crippen molar-refractivity contribution in [2.24, 2.45) is 0 Å². The Morgan fingerprint density at radius 1 is 0.800 bits per heavy atom. The van der Waals surface area contributed by atoms with Crippen LogP contribution < -0.4 is 10.4 Å². The summed E-state index contributed by atoms with van der Waals surface area (Å²) in [6.07, 6.45) is 3.97. The van der Waals surface area contributed by atoms with Gasteiger partial charge >= 0.3 is 7.12 Å². The molecule has 0 bridgehead atoms. The fraction of sp³-hybridized carbons (Fsp3) is 0.524. The van der Waals surface area contributed by atoms with Crippen LogP contribution in [-0.2, 0) is 9.31 Å². The molecule has 0 unspecified atom stereocenters. The van der Waals surface area contributed by atoms with E-state index in [2.05, 4.69) is 69.0 Å². The summed E-state index contributed by atoms with van der Waals surface area (Å²) in [4.78, 5) is 2.51. The van der Waals surface area contributed by atoms with Crippen LogP contribution in [0.1, 0.15) is 47.0 Å². The molecule has 0 aliphatic carbocycles. The lowest BCUT2D eigenvalue weighted by molar-refractivity contribution is 0.00578. The van der Waals surface area contributed by atoms with Gasteiger partial charge in [0.15, 0.2) is 0 Å². The Morgan fingerprint density at radius 3 is 2.08 bits per heavy atom. The third kappa shape index (κ3) is 3.06. The number of benzene rings is 2. The van der Waals surface area contributed by atoms with Gasteiger partial charge in [-0.3, -0.25) is 0 Å². The molecule has 0 saturated carbocycles. The minimum atomic E-state index is -0.301. The molecular formula is C21H28BNO2. The van der Waals surface area contributed by atoms with Crippen LogP contribution in [-0.4, -0.2) is 31.4 Å². The van der Waals surface area contributed by atoms with Gasteiger partial charge in [-0.1, -0.05) is 24.3 Å². The lowest BCUT2D eigenvalue weighted by Gasteiger charge is -2.32. The first kappa shape index (κ1) is 16.9. The summed E-state index contributed by atoms with van der Waals surface area (Å²) in [7, 11) is -0.295. The van der Waals surface area contributed by atoms with Crippen molar-refractivity contribution in [1.29, 1.82) is 0 Å². The number of anilines is 1. The molecule has 2 aromatic carbocycles. The van der Waals surface area contributed by atoms with Crippen molar-refractivity contribution in [2.45, 2.75) is 58.2 Å². The van der Waals surface area contributed by atoms with E-state index in [1.54, 1.807) is 0 Å². The van der Waals surface area contributed by atoms with E-state index >= 15 is 0 Å². The quantitative estimate of drug-likeness (QED) is 0.769. The van der Waals surface area contributed by atoms with Gasteiger partial charge in [0, 0.05) is 18.8 Å². The molecular weight excluding hydrogens is 309 g/mol. The standard InChI is InChI=1S/C21H28BNO2/c1-20(2)21(3,4)25-22(24-20)18-10-8-17-15-19(11-9-16(17)14-18)23-12-6-5-7-13-23/h8-11,14-15H,5-7,12-13H2,1-4H3. The molecule has 2 aliphatic heterocycles. The Hall–Kier alpha value is -1.52. The summed E-state index contributed by atoms with van der Waals surface area (Å²) in [6, 6.07) is 13.3. The normalized spacial score (nSPS) is 22.6. The molecule has 4 rings (SSSR count). The van der Waals surface area contributed by atoms with Gasteiger partial charge in [-0.25, -0.2) is 0 Å². The molecule has 0 atom stereocenters. The molecule has 2 saturated heterocycles. The molecule has 2 fully saturated rings. The van der Waals surface area contributed by atoms with Gasteiger partial charge in [0.1, 0.15) is 0 Å². The van der Waals surface area contributed by atoms with Gasteiger partial charge in [-0.2, -0.15) is 0 Å². The molecule has 0 radical (unpaired) electrons. The summed E-state index contributed by atoms with van der Waals surface area (Å²) in [5, 5.41) is 2.52. The number of rotatable bonds is 2. The zero-order valence-electron chi connectivity index (χ0n) is 15.8. The average molecular weight is 337 g/mol. The Morgan fingerprint density at radius 2 is 1.40 bits per heavy atom. The van der Waals surface area contributed by atoms with Gasteiger partial charge < -0.3 is 14.2 Å². The van der Waals surface area contributed by atoms with E-state index in [1.807, 2.05) is 0 Å². The molecule has 2 aliphatic rings. The van der Waals surface area contributed by atoms with Crippen LogP contribution in [0.5, 0.6) is 0 Å². The summed E-state index contributed by atoms with van der Waals surface area (Å²) in [5.41, 5.74) is 1.84. The predicted octanol–water partition coefficient (Wildman–Crippen LogP) is 4.13. The first-order chi connectivity index (χ1) is 11.9. The third-order valence-electron chi connectivity index (χ3n) is 6.09. The van der Waals surface area contributed by atoms with E-state index in [9.17, 15) is 0 Å². The van der Waals surface area contributed by atoms with Crippen LogP contribution in [0.15, 0.2) is 36.4 Å². The van der Waals surface area contributed by atoms with E-state index in [1.165, 1.54) is 48.8 Å². The van der Waals surface area contributed by atoms with Crippen LogP contribution in [0.2, 0.25) is 0 Å². The van der Waals surface area contributed by atoms with Crippen molar-refractivity contribution in [3.8, 4) is 0 Å². The smallest absolute Gasteiger partial charge is 0.399 e. The summed E-state index contributed by atoms with van der Waals surface area (Å²) in [5.74, 6) is 0. The largest absolute Gasteiger partial charge is 0.494 e. The number of hydrogen-bond donors (Lipinski definition) is 0. The zero-order chi connectivity index (χ0) is 17.7. The lowest BCUT2D eigenvalue weighted by Crippen LogP contribution is -2.41. The molecule has 25 heavy (non-hydrogen) atoms. The molecule has 132 valence electrons. The van der Waals surface area contributed by atoms with Gasteiger partial charge in [0.2, 0.25) is 0 Å². The first-order valence-corrected chi connectivity index (χ1v) is 9.50. The number of fused-ring (bicyclic) bond motifs is 1. The predicted molar refractivity (Wildman–Crippen MR) is 106 cm³/mol. The fourth-order valence-electron chi connectivity index (χ4n) is 3.73. The van der Waals surface area contributed by atoms with Crippen molar-refractivity contribution in [3.63, 3.8) is 0 Å². The van der Waals surface area contributed by atoms with Gasteiger partial charge in [-0.05, 0) is 75.3 Å². The lowest BCUT2D eigenvalue weighted by atomic mass is 9.78. The van der Waals surface area contributed by atoms with Crippen LogP contribution in [0.3, 0.4) is 0 Å². The molecule has 0 N–H and O–H groups in total. The minimum absolute atomic E-state index is 0.295. The minimum Gasteiger partial charge on any atom is -0.399 e. The molecule has 0 amide bonds. The highest BCUT2D eigenvalue weighted by molar-refractivity contribution is 6.62. The van der Waals surface area contributed by atoms with E-state index in [-0.39, 0.29) is 18.3 Å². The second kappa shape index (κ2) is 6.03. The van der Waals surface area contributed by atoms with Gasteiger partial charge in [0.25, 0.3) is 0 Å². The van der Waals surface area contributed by atoms with Crippen molar-refractivity contribution < 1.29 is 9.31 Å². The first-order valence-electron chi connectivity index (χ1n) is 9.50. The van der Waals surface area contributed by atoms with Gasteiger partial charge in [0.05, 0.1) is 11.2 Å². The van der Waals surface area contributed by atoms with Crippen molar-refractivity contribution in [2.75, 3.05) is 18.0 Å². The van der Waals surface area contributed by atoms with Crippen molar-refractivity contribution >= 4 is 29.0 Å². The summed E-state index contributed by atoms with van der Waals surface area (Å²) in [6.45, 7) is 10.7. The van der Waals surface area contributed by atoms with Crippen LogP contribution in [0.25, 0.3) is 10.8 Å². The van der Waals surface area contributed by atoms with Crippen LogP contribution in [0.4, 0.5) is 5.69 Å². The Balaban J connectivity index is 1.61. The van der Waals surface area contributed by atoms with Crippen molar-refractivity contribution in [3.05, 3.63) is 36.4 Å². The highest BCUT2D eigenvalue weighted by Crippen LogP contribution is 2.36. The third-order valence-corrected chi connectivity index (χ3v) is 6.09. The Kier molecular flexibility index (Phi) is 4.08. The molecule has 4 heteroatoms. The maximum Gasteiger partial charge on any atom is 0.494 e. The summed E-state index contributed by atoms with van der Waals surface area (Å²) >= 11 is 0. The van der Waals surface area contributed by atoms with Crippen LogP contribution in [0, 0.1) is 0 Å². The van der Waals surface area contributed by atoms with Crippen LogP contribution >= 0.6 is 0 Å². The summed E-state index contributed by atoms with van der Waals surface area (Å²) < 4.78 is 12.4. The molecule has 0 aromatic heterocycles. The van der Waals surface area contributed by atoms with Gasteiger partial charge in [-0.15, -0.1) is 0 Å². The van der Waals surface area contributed by atoms with E-state index < -0.39 is 0 Å². The maximum absolute atomic E-state index is 6.19. The highest BCUT2D eigenvalue weighted by atomic mass is 16.7. The average Bonchev–Trinajstić information content (AvgIpc) is 2.82. The topological polar surface area (TPSA) is 21.7 Å².